The van der Waals surface area contributed by atoms with Crippen molar-refractivity contribution in [3.63, 3.8) is 0 Å². The van der Waals surface area contributed by atoms with Crippen LogP contribution in [0.1, 0.15) is 0 Å². The van der Waals surface area contributed by atoms with Crippen LogP contribution in [-0.2, 0) is 0 Å². The molecule has 0 fully saturated rings. The fraction of sp³-hybridized carbons (Fsp3) is 0. The SMILES string of the molecule is O=c1c2ccccc2c(=O)c2c1sc1c(=O)c3cccc(Cl)c3c(=O)c12. The van der Waals surface area contributed by atoms with E-state index in [-0.39, 0.29) is 52.2 Å². The van der Waals surface area contributed by atoms with E-state index in [4.69, 9.17) is 11.6 Å². The van der Waals surface area contributed by atoms with Crippen LogP contribution in [0.2, 0.25) is 5.02 Å². The highest BCUT2D eigenvalue weighted by atomic mass is 35.5. The molecule has 0 aliphatic rings. The maximum Gasteiger partial charge on any atom is 0.204 e. The highest BCUT2D eigenvalue weighted by molar-refractivity contribution is 7.25. The minimum atomic E-state index is -0.488. The van der Waals surface area contributed by atoms with Gasteiger partial charge in [-0.25, -0.2) is 0 Å². The molecule has 0 radical (unpaired) electrons. The zero-order chi connectivity index (χ0) is 18.2. The number of hydrogen-bond donors (Lipinski definition) is 0. The lowest BCUT2D eigenvalue weighted by Crippen LogP contribution is -2.15. The van der Waals surface area contributed by atoms with Gasteiger partial charge in [-0.15, -0.1) is 11.3 Å². The summed E-state index contributed by atoms with van der Waals surface area (Å²) in [6.07, 6.45) is 0. The van der Waals surface area contributed by atoms with Gasteiger partial charge in [-0.2, -0.15) is 0 Å². The van der Waals surface area contributed by atoms with Crippen molar-refractivity contribution in [1.82, 2.24) is 0 Å². The number of fused-ring (bicyclic) bond motifs is 5. The number of halogens is 1. The molecule has 4 nitrogen and oxygen atoms in total. The first-order chi connectivity index (χ1) is 12.5. The first-order valence-electron chi connectivity index (χ1n) is 7.74. The van der Waals surface area contributed by atoms with Gasteiger partial charge in [-0.3, -0.25) is 19.2 Å². The van der Waals surface area contributed by atoms with Crippen molar-refractivity contribution in [3.8, 4) is 0 Å². The Morgan fingerprint density at radius 2 is 1.12 bits per heavy atom. The molecule has 0 aliphatic heterocycles. The van der Waals surface area contributed by atoms with E-state index < -0.39 is 10.9 Å². The minimum absolute atomic E-state index is 0.00320. The van der Waals surface area contributed by atoms with E-state index in [9.17, 15) is 19.2 Å². The highest BCUT2D eigenvalue weighted by Gasteiger charge is 2.22. The molecule has 0 bridgehead atoms. The first-order valence-corrected chi connectivity index (χ1v) is 8.93. The van der Waals surface area contributed by atoms with Crippen LogP contribution in [0.5, 0.6) is 0 Å². The van der Waals surface area contributed by atoms with E-state index in [0.717, 1.165) is 11.3 Å². The molecule has 1 aromatic heterocycles. The predicted molar refractivity (Wildman–Crippen MR) is 107 cm³/mol. The van der Waals surface area contributed by atoms with E-state index in [0.29, 0.717) is 5.39 Å². The van der Waals surface area contributed by atoms with Crippen LogP contribution in [0.4, 0.5) is 0 Å². The third-order valence-corrected chi connectivity index (χ3v) is 6.18. The molecule has 0 saturated carbocycles. The Labute approximate surface area is 153 Å². The summed E-state index contributed by atoms with van der Waals surface area (Å²) in [6, 6.07) is 11.1. The van der Waals surface area contributed by atoms with Crippen molar-refractivity contribution in [3.05, 3.63) is 88.4 Å². The van der Waals surface area contributed by atoms with Crippen LogP contribution < -0.4 is 21.7 Å². The van der Waals surface area contributed by atoms with Crippen LogP contribution in [0.15, 0.2) is 61.6 Å². The zero-order valence-corrected chi connectivity index (χ0v) is 14.5. The van der Waals surface area contributed by atoms with E-state index in [2.05, 4.69) is 0 Å². The molecule has 5 aromatic rings. The Bertz CT molecular complexity index is 1620. The van der Waals surface area contributed by atoms with E-state index >= 15 is 0 Å². The molecule has 0 N–H and O–H groups in total. The van der Waals surface area contributed by atoms with Gasteiger partial charge in [0.25, 0.3) is 0 Å². The average molecular weight is 379 g/mol. The molecule has 0 spiro atoms. The average Bonchev–Trinajstić information content (AvgIpc) is 3.06. The van der Waals surface area contributed by atoms with Crippen molar-refractivity contribution < 1.29 is 0 Å². The second-order valence-electron chi connectivity index (χ2n) is 6.03. The normalized spacial score (nSPS) is 11.9. The summed E-state index contributed by atoms with van der Waals surface area (Å²) in [5, 5.41) is 1.01. The van der Waals surface area contributed by atoms with Crippen molar-refractivity contribution in [2.24, 2.45) is 0 Å². The number of rotatable bonds is 0. The van der Waals surface area contributed by atoms with Gasteiger partial charge in [0.15, 0.2) is 10.9 Å². The molecule has 5 rings (SSSR count). The summed E-state index contributed by atoms with van der Waals surface area (Å²) < 4.78 is 0.272. The van der Waals surface area contributed by atoms with Crippen LogP contribution >= 0.6 is 22.9 Å². The lowest BCUT2D eigenvalue weighted by Gasteiger charge is -1.99. The summed E-state index contributed by atoms with van der Waals surface area (Å²) in [4.78, 5) is 51.8. The van der Waals surface area contributed by atoms with E-state index in [1.807, 2.05) is 0 Å². The van der Waals surface area contributed by atoms with Crippen molar-refractivity contribution >= 4 is 64.7 Å². The molecular formula is C20H7ClO4S. The molecular weight excluding hydrogens is 372 g/mol. The van der Waals surface area contributed by atoms with Gasteiger partial charge in [-0.1, -0.05) is 48.0 Å². The molecule has 0 unspecified atom stereocenters. The van der Waals surface area contributed by atoms with Crippen LogP contribution in [0.25, 0.3) is 41.7 Å². The molecule has 6 heteroatoms. The summed E-state index contributed by atoms with van der Waals surface area (Å²) in [7, 11) is 0. The largest absolute Gasteiger partial charge is 0.289 e. The van der Waals surface area contributed by atoms with Gasteiger partial charge in [0.1, 0.15) is 0 Å². The van der Waals surface area contributed by atoms with E-state index in [1.54, 1.807) is 30.3 Å². The summed E-state index contributed by atoms with van der Waals surface area (Å²) >= 11 is 7.05. The highest BCUT2D eigenvalue weighted by Crippen LogP contribution is 2.30. The number of thiophene rings is 1. The standard InChI is InChI=1S/C20H7ClO4S/c21-11-7-3-6-10-12(11)18(25)14-13-15(22)8-4-1-2-5-9(8)16(23)19(13)26-20(14)17(10)24/h1-7H. The van der Waals surface area contributed by atoms with Crippen LogP contribution in [0.3, 0.4) is 0 Å². The predicted octanol–water partition coefficient (Wildman–Crippen LogP) is 3.33. The molecule has 124 valence electrons. The smallest absolute Gasteiger partial charge is 0.204 e. The number of benzene rings is 4. The van der Waals surface area contributed by atoms with Crippen LogP contribution in [-0.4, -0.2) is 0 Å². The van der Waals surface area contributed by atoms with Gasteiger partial charge >= 0.3 is 0 Å². The fourth-order valence-electron chi connectivity index (χ4n) is 3.51. The lowest BCUT2D eigenvalue weighted by atomic mass is 10.0. The van der Waals surface area contributed by atoms with Gasteiger partial charge < -0.3 is 0 Å². The van der Waals surface area contributed by atoms with Gasteiger partial charge in [-0.05, 0) is 6.07 Å². The second-order valence-corrected chi connectivity index (χ2v) is 7.46. The number of hydrogen-bond acceptors (Lipinski definition) is 5. The van der Waals surface area contributed by atoms with E-state index in [1.165, 1.54) is 12.1 Å². The van der Waals surface area contributed by atoms with Crippen molar-refractivity contribution in [1.29, 1.82) is 0 Å². The van der Waals surface area contributed by atoms with Crippen molar-refractivity contribution in [2.75, 3.05) is 0 Å². The second kappa shape index (κ2) is 5.06. The lowest BCUT2D eigenvalue weighted by molar-refractivity contribution is 1.69. The maximum atomic E-state index is 13.1. The fourth-order valence-corrected chi connectivity index (χ4v) is 4.98. The molecule has 4 aromatic carbocycles. The first kappa shape index (κ1) is 15.4. The Hall–Kier alpha value is -2.89. The third kappa shape index (κ3) is 1.74. The molecule has 0 aliphatic carbocycles. The minimum Gasteiger partial charge on any atom is -0.289 e. The Kier molecular flexibility index (Phi) is 2.99. The Morgan fingerprint density at radius 3 is 1.81 bits per heavy atom. The van der Waals surface area contributed by atoms with Gasteiger partial charge in [0.2, 0.25) is 10.9 Å². The van der Waals surface area contributed by atoms with Crippen LogP contribution in [0, 0.1) is 0 Å². The topological polar surface area (TPSA) is 68.3 Å². The van der Waals surface area contributed by atoms with Gasteiger partial charge in [0, 0.05) is 16.2 Å². The maximum absolute atomic E-state index is 13.1. The Balaban J connectivity index is 2.26. The third-order valence-electron chi connectivity index (χ3n) is 4.68. The molecule has 1 heterocycles. The van der Waals surface area contributed by atoms with Crippen molar-refractivity contribution in [2.45, 2.75) is 0 Å². The Morgan fingerprint density at radius 1 is 0.577 bits per heavy atom. The van der Waals surface area contributed by atoms with Gasteiger partial charge in [0.05, 0.1) is 30.6 Å². The molecule has 0 saturated heterocycles. The molecule has 0 amide bonds. The zero-order valence-electron chi connectivity index (χ0n) is 13.0. The summed E-state index contributed by atoms with van der Waals surface area (Å²) in [5.41, 5.74) is -1.63. The summed E-state index contributed by atoms with van der Waals surface area (Å²) in [5.74, 6) is 0. The monoisotopic (exact) mass is 378 g/mol. The quantitative estimate of drug-likeness (QED) is 0.414. The molecule has 26 heavy (non-hydrogen) atoms. The molecule has 0 atom stereocenters. The summed E-state index contributed by atoms with van der Waals surface area (Å²) in [6.45, 7) is 0.